The highest BCUT2D eigenvalue weighted by molar-refractivity contribution is 7.11. The number of anilines is 1. The number of fused-ring (bicyclic) bond motifs is 1. The van der Waals surface area contributed by atoms with Crippen molar-refractivity contribution >= 4 is 34.2 Å². The molecule has 2 aromatic carbocycles. The number of rotatable bonds is 4. The van der Waals surface area contributed by atoms with Crippen molar-refractivity contribution in [2.45, 2.75) is 6.18 Å². The number of nitrogens with zero attached hydrogens (tertiary/aromatic N) is 2. The Hall–Kier alpha value is -3.22. The van der Waals surface area contributed by atoms with Crippen molar-refractivity contribution in [3.63, 3.8) is 0 Å². The van der Waals surface area contributed by atoms with Gasteiger partial charge in [-0.15, -0.1) is 11.3 Å². The largest absolute Gasteiger partial charge is 0.454 e. The number of halogens is 4. The van der Waals surface area contributed by atoms with E-state index >= 15 is 0 Å². The molecule has 5 nitrogen and oxygen atoms in total. The van der Waals surface area contributed by atoms with Gasteiger partial charge in [0.15, 0.2) is 11.5 Å². The van der Waals surface area contributed by atoms with E-state index in [4.69, 9.17) is 21.1 Å². The molecule has 0 radical (unpaired) electrons. The molecule has 1 aliphatic heterocycles. The monoisotopic (exact) mass is 449 g/mol. The summed E-state index contributed by atoms with van der Waals surface area (Å²) in [6, 6.07) is 10.8. The molecule has 0 amide bonds. The quantitative estimate of drug-likeness (QED) is 0.481. The summed E-state index contributed by atoms with van der Waals surface area (Å²) in [6.45, 7) is 0.162. The molecule has 1 aliphatic rings. The lowest BCUT2D eigenvalue weighted by Gasteiger charge is -2.10. The number of ether oxygens (including phenoxy) is 2. The summed E-state index contributed by atoms with van der Waals surface area (Å²) < 4.78 is 49.6. The van der Waals surface area contributed by atoms with Gasteiger partial charge in [0.2, 0.25) is 6.79 Å². The van der Waals surface area contributed by atoms with Crippen LogP contribution in [0.15, 0.2) is 48.0 Å². The van der Waals surface area contributed by atoms with Gasteiger partial charge in [0.05, 0.1) is 16.3 Å². The summed E-state index contributed by atoms with van der Waals surface area (Å²) in [5.41, 5.74) is 0.794. The normalized spacial score (nSPS) is 13.2. The first-order valence-electron chi connectivity index (χ1n) is 8.44. The maximum absolute atomic E-state index is 13.0. The van der Waals surface area contributed by atoms with E-state index < -0.39 is 16.8 Å². The number of hydrogen-bond acceptors (Lipinski definition) is 6. The molecular formula is C20H11ClF3N3O2S. The van der Waals surface area contributed by atoms with Gasteiger partial charge in [-0.2, -0.15) is 18.4 Å². The Bertz CT molecular complexity index is 1180. The van der Waals surface area contributed by atoms with Crippen LogP contribution in [0.25, 0.3) is 16.8 Å². The second-order valence-electron chi connectivity index (χ2n) is 6.11. The number of hydrogen-bond donors (Lipinski definition) is 1. The second kappa shape index (κ2) is 7.89. The molecule has 10 heteroatoms. The summed E-state index contributed by atoms with van der Waals surface area (Å²) in [5.74, 6) is 1.26. The van der Waals surface area contributed by atoms with Gasteiger partial charge in [-0.1, -0.05) is 11.6 Å². The van der Waals surface area contributed by atoms with Gasteiger partial charge in [0.1, 0.15) is 16.6 Å². The molecule has 0 saturated carbocycles. The molecule has 1 aromatic heterocycles. The molecular weight excluding hydrogens is 439 g/mol. The number of aromatic nitrogens is 1. The van der Waals surface area contributed by atoms with Crippen LogP contribution in [0.3, 0.4) is 0 Å². The fourth-order valence-electron chi connectivity index (χ4n) is 2.72. The van der Waals surface area contributed by atoms with Gasteiger partial charge < -0.3 is 14.8 Å². The first-order valence-corrected chi connectivity index (χ1v) is 9.70. The number of nitrogens with one attached hydrogen (secondary N) is 1. The predicted octanol–water partition coefficient (Wildman–Crippen LogP) is 6.19. The number of benzene rings is 2. The van der Waals surface area contributed by atoms with E-state index in [0.717, 1.165) is 17.7 Å². The third kappa shape index (κ3) is 4.06. The average Bonchev–Trinajstić information content (AvgIpc) is 3.37. The molecule has 0 fully saturated rings. The molecule has 0 spiro atoms. The van der Waals surface area contributed by atoms with Gasteiger partial charge in [-0.05, 0) is 36.4 Å². The van der Waals surface area contributed by atoms with Crippen LogP contribution in [0.1, 0.15) is 10.6 Å². The van der Waals surface area contributed by atoms with E-state index in [-0.39, 0.29) is 18.1 Å². The van der Waals surface area contributed by atoms with Crippen LogP contribution in [-0.4, -0.2) is 11.8 Å². The molecule has 0 atom stereocenters. The van der Waals surface area contributed by atoms with E-state index in [1.807, 2.05) is 12.1 Å². The zero-order valence-corrected chi connectivity index (χ0v) is 16.5. The number of allylic oxidation sites excluding steroid dienone is 1. The number of nitriles is 1. The predicted molar refractivity (Wildman–Crippen MR) is 107 cm³/mol. The molecule has 30 heavy (non-hydrogen) atoms. The molecule has 4 rings (SSSR count). The standard InChI is InChI=1S/C20H11ClF3N3O2S/c21-15-3-2-13(6-14(15)20(22,23)24)26-8-12(7-25)19-27-16(9-30-19)11-1-4-17-18(5-11)29-10-28-17/h1-6,8-9,26H,10H2. The van der Waals surface area contributed by atoms with Crippen molar-refractivity contribution in [3.05, 3.63) is 63.6 Å². The van der Waals surface area contributed by atoms with Crippen LogP contribution in [0.4, 0.5) is 18.9 Å². The van der Waals surface area contributed by atoms with E-state index in [2.05, 4.69) is 10.3 Å². The van der Waals surface area contributed by atoms with Crippen LogP contribution >= 0.6 is 22.9 Å². The molecule has 2 heterocycles. The first-order chi connectivity index (χ1) is 14.3. The zero-order chi connectivity index (χ0) is 21.3. The first kappa shape index (κ1) is 20.1. The van der Waals surface area contributed by atoms with E-state index in [9.17, 15) is 18.4 Å². The summed E-state index contributed by atoms with van der Waals surface area (Å²) in [7, 11) is 0. The molecule has 0 unspecified atom stereocenters. The van der Waals surface area contributed by atoms with E-state index in [1.54, 1.807) is 17.5 Å². The fourth-order valence-corrected chi connectivity index (χ4v) is 3.73. The van der Waals surface area contributed by atoms with Crippen molar-refractivity contribution in [3.8, 4) is 28.8 Å². The van der Waals surface area contributed by atoms with E-state index in [0.29, 0.717) is 22.2 Å². The Balaban J connectivity index is 1.57. The summed E-state index contributed by atoms with van der Waals surface area (Å²) in [6.07, 6.45) is -3.27. The number of alkyl halides is 3. The maximum atomic E-state index is 13.0. The number of thiazole rings is 1. The minimum absolute atomic E-state index is 0.145. The van der Waals surface area contributed by atoms with Crippen molar-refractivity contribution in [1.82, 2.24) is 4.98 Å². The highest BCUT2D eigenvalue weighted by Gasteiger charge is 2.33. The van der Waals surface area contributed by atoms with Gasteiger partial charge in [-0.3, -0.25) is 0 Å². The molecule has 3 aromatic rings. The molecule has 0 bridgehead atoms. The molecule has 0 aliphatic carbocycles. The Kier molecular flexibility index (Phi) is 5.28. The topological polar surface area (TPSA) is 67.2 Å². The highest BCUT2D eigenvalue weighted by Crippen LogP contribution is 2.37. The van der Waals surface area contributed by atoms with Gasteiger partial charge in [0, 0.05) is 22.8 Å². The fraction of sp³-hybridized carbons (Fsp3) is 0.100. The zero-order valence-electron chi connectivity index (χ0n) is 15.0. The van der Waals surface area contributed by atoms with Crippen LogP contribution in [0.5, 0.6) is 11.5 Å². The van der Waals surface area contributed by atoms with Crippen LogP contribution < -0.4 is 14.8 Å². The maximum Gasteiger partial charge on any atom is 0.417 e. The average molecular weight is 450 g/mol. The summed E-state index contributed by atoms with van der Waals surface area (Å²) in [4.78, 5) is 4.45. The Morgan fingerprint density at radius 2 is 2.00 bits per heavy atom. The molecule has 0 saturated heterocycles. The molecule has 1 N–H and O–H groups in total. The SMILES string of the molecule is N#CC(=CNc1ccc(Cl)c(C(F)(F)F)c1)c1nc(-c2ccc3c(c2)OCO3)cs1. The lowest BCUT2D eigenvalue weighted by atomic mass is 10.1. The van der Waals surface area contributed by atoms with Crippen LogP contribution in [0.2, 0.25) is 5.02 Å². The van der Waals surface area contributed by atoms with Gasteiger partial charge in [0.25, 0.3) is 0 Å². The minimum atomic E-state index is -4.58. The third-order valence-electron chi connectivity index (χ3n) is 4.18. The van der Waals surface area contributed by atoms with Crippen molar-refractivity contribution in [2.75, 3.05) is 12.1 Å². The Morgan fingerprint density at radius 1 is 1.20 bits per heavy atom. The van der Waals surface area contributed by atoms with Gasteiger partial charge >= 0.3 is 6.18 Å². The molecule has 152 valence electrons. The Labute approximate surface area is 178 Å². The summed E-state index contributed by atoms with van der Waals surface area (Å²) in [5, 5.41) is 14.0. The Morgan fingerprint density at radius 3 is 2.77 bits per heavy atom. The second-order valence-corrected chi connectivity index (χ2v) is 7.38. The minimum Gasteiger partial charge on any atom is -0.454 e. The van der Waals surface area contributed by atoms with Crippen molar-refractivity contribution in [2.24, 2.45) is 0 Å². The van der Waals surface area contributed by atoms with Crippen molar-refractivity contribution < 1.29 is 22.6 Å². The lowest BCUT2D eigenvalue weighted by molar-refractivity contribution is -0.137. The van der Waals surface area contributed by atoms with Gasteiger partial charge in [-0.25, -0.2) is 4.98 Å². The third-order valence-corrected chi connectivity index (χ3v) is 5.38. The van der Waals surface area contributed by atoms with Crippen LogP contribution in [-0.2, 0) is 6.18 Å². The highest BCUT2D eigenvalue weighted by atomic mass is 35.5. The van der Waals surface area contributed by atoms with Crippen molar-refractivity contribution in [1.29, 1.82) is 5.26 Å². The smallest absolute Gasteiger partial charge is 0.417 e. The van der Waals surface area contributed by atoms with Crippen LogP contribution in [0, 0.1) is 11.3 Å². The lowest BCUT2D eigenvalue weighted by Crippen LogP contribution is -2.06. The van der Waals surface area contributed by atoms with E-state index in [1.165, 1.54) is 23.6 Å². The summed E-state index contributed by atoms with van der Waals surface area (Å²) >= 11 is 6.86.